The third kappa shape index (κ3) is 3.95. The van der Waals surface area contributed by atoms with E-state index in [1.807, 2.05) is 49.6 Å². The summed E-state index contributed by atoms with van der Waals surface area (Å²) in [4.78, 5) is 16.5. The Labute approximate surface area is 152 Å². The highest BCUT2D eigenvalue weighted by atomic mass is 32.2. The molecule has 2 aromatic heterocycles. The largest absolute Gasteiger partial charge is 0.411 e. The predicted octanol–water partition coefficient (Wildman–Crippen LogP) is 3.78. The van der Waals surface area contributed by atoms with Crippen molar-refractivity contribution < 1.29 is 9.21 Å². The molecule has 0 aliphatic carbocycles. The average Bonchev–Trinajstić information content (AvgIpc) is 3.23. The van der Waals surface area contributed by atoms with Crippen LogP contribution in [0.4, 0.5) is 0 Å². The number of aromatic nitrogens is 3. The van der Waals surface area contributed by atoms with Crippen molar-refractivity contribution in [1.82, 2.24) is 15.2 Å². The van der Waals surface area contributed by atoms with Crippen LogP contribution in [0.25, 0.3) is 11.5 Å². The fourth-order valence-corrected chi connectivity index (χ4v) is 3.71. The molecule has 0 spiro atoms. The molecule has 0 radical (unpaired) electrons. The van der Waals surface area contributed by atoms with E-state index in [1.54, 1.807) is 0 Å². The molecule has 25 heavy (non-hydrogen) atoms. The highest BCUT2D eigenvalue weighted by molar-refractivity contribution is 7.99. The summed E-state index contributed by atoms with van der Waals surface area (Å²) in [5.74, 6) is -0.588. The molecule has 6 nitrogen and oxygen atoms in total. The number of rotatable bonds is 6. The van der Waals surface area contributed by atoms with E-state index in [1.165, 1.54) is 11.3 Å². The van der Waals surface area contributed by atoms with Crippen molar-refractivity contribution in [3.05, 3.63) is 45.9 Å². The zero-order valence-electron chi connectivity index (χ0n) is 13.6. The van der Waals surface area contributed by atoms with Crippen LogP contribution in [-0.4, -0.2) is 26.7 Å². The van der Waals surface area contributed by atoms with Crippen molar-refractivity contribution in [2.75, 3.05) is 5.75 Å². The number of hydrogen-bond donors (Lipinski definition) is 0. The van der Waals surface area contributed by atoms with Gasteiger partial charge in [0.2, 0.25) is 5.89 Å². The SMILES string of the molecule is Cc1csc([C@H](C#N)C(=O)CSc2nnc(-c3ccccc3C)o2)n1. The lowest BCUT2D eigenvalue weighted by Crippen LogP contribution is -2.13. The van der Waals surface area contributed by atoms with Crippen LogP contribution < -0.4 is 0 Å². The molecular formula is C17H14N4O2S2. The topological polar surface area (TPSA) is 92.7 Å². The standard InChI is InChI=1S/C17H14N4O2S2/c1-10-5-3-4-6-12(10)15-20-21-17(23-15)25-9-14(22)13(7-18)16-19-11(2)8-24-16/h3-6,8,13H,9H2,1-2H3/t13-/m1/s1. The van der Waals surface area contributed by atoms with Gasteiger partial charge in [0, 0.05) is 16.6 Å². The molecule has 0 saturated carbocycles. The Morgan fingerprint density at radius 2 is 2.16 bits per heavy atom. The van der Waals surface area contributed by atoms with E-state index in [0.717, 1.165) is 28.6 Å². The lowest BCUT2D eigenvalue weighted by Gasteiger charge is -2.03. The van der Waals surface area contributed by atoms with Gasteiger partial charge in [0.25, 0.3) is 5.22 Å². The van der Waals surface area contributed by atoms with E-state index in [0.29, 0.717) is 16.1 Å². The first-order valence-electron chi connectivity index (χ1n) is 7.45. The van der Waals surface area contributed by atoms with Gasteiger partial charge in [-0.25, -0.2) is 4.98 Å². The summed E-state index contributed by atoms with van der Waals surface area (Å²) in [6.07, 6.45) is 0. The molecule has 0 N–H and O–H groups in total. The van der Waals surface area contributed by atoms with Gasteiger partial charge >= 0.3 is 0 Å². The number of benzene rings is 1. The van der Waals surface area contributed by atoms with Crippen molar-refractivity contribution in [3.63, 3.8) is 0 Å². The molecule has 0 aliphatic rings. The summed E-state index contributed by atoms with van der Waals surface area (Å²) >= 11 is 2.45. The minimum absolute atomic E-state index is 0.0757. The maximum absolute atomic E-state index is 12.3. The second-order valence-corrected chi connectivity index (χ2v) is 7.15. The number of nitrogens with zero attached hydrogens (tertiary/aromatic N) is 4. The Bertz CT molecular complexity index is 942. The second-order valence-electron chi connectivity index (χ2n) is 5.33. The smallest absolute Gasteiger partial charge is 0.277 e. The quantitative estimate of drug-likeness (QED) is 0.610. The van der Waals surface area contributed by atoms with E-state index in [9.17, 15) is 10.1 Å². The molecule has 0 aliphatic heterocycles. The summed E-state index contributed by atoms with van der Waals surface area (Å²) in [6, 6.07) is 9.72. The molecule has 2 heterocycles. The Hall–Kier alpha value is -2.50. The molecule has 0 fully saturated rings. The van der Waals surface area contributed by atoms with E-state index in [-0.39, 0.29) is 11.5 Å². The van der Waals surface area contributed by atoms with E-state index in [4.69, 9.17) is 4.42 Å². The maximum atomic E-state index is 12.3. The summed E-state index contributed by atoms with van der Waals surface area (Å²) < 4.78 is 5.62. The van der Waals surface area contributed by atoms with Crippen molar-refractivity contribution in [2.45, 2.75) is 25.0 Å². The van der Waals surface area contributed by atoms with Crippen molar-refractivity contribution >= 4 is 28.9 Å². The zero-order chi connectivity index (χ0) is 17.8. The van der Waals surface area contributed by atoms with Crippen molar-refractivity contribution in [1.29, 1.82) is 5.26 Å². The van der Waals surface area contributed by atoms with Gasteiger partial charge in [0.1, 0.15) is 5.01 Å². The molecule has 1 aromatic carbocycles. The van der Waals surface area contributed by atoms with Crippen molar-refractivity contribution in [3.8, 4) is 17.5 Å². The van der Waals surface area contributed by atoms with Crippen LogP contribution in [0.3, 0.4) is 0 Å². The number of carbonyl (C=O) groups excluding carboxylic acids is 1. The number of carbonyl (C=O) groups is 1. The third-order valence-electron chi connectivity index (χ3n) is 3.45. The van der Waals surface area contributed by atoms with Crippen LogP contribution in [0.5, 0.6) is 0 Å². The molecule has 0 unspecified atom stereocenters. The van der Waals surface area contributed by atoms with E-state index in [2.05, 4.69) is 15.2 Å². The number of thioether (sulfide) groups is 1. The van der Waals surface area contributed by atoms with Crippen LogP contribution in [0.15, 0.2) is 39.3 Å². The van der Waals surface area contributed by atoms with Gasteiger partial charge in [0.15, 0.2) is 11.7 Å². The molecule has 3 rings (SSSR count). The Morgan fingerprint density at radius 1 is 1.36 bits per heavy atom. The molecule has 1 atom stereocenters. The van der Waals surface area contributed by atoms with Gasteiger partial charge in [-0.15, -0.1) is 21.5 Å². The van der Waals surface area contributed by atoms with Gasteiger partial charge in [-0.1, -0.05) is 30.0 Å². The van der Waals surface area contributed by atoms with Crippen LogP contribution in [0.1, 0.15) is 22.2 Å². The first-order valence-corrected chi connectivity index (χ1v) is 9.31. The Balaban J connectivity index is 1.67. The van der Waals surface area contributed by atoms with Gasteiger partial charge < -0.3 is 4.42 Å². The summed E-state index contributed by atoms with van der Waals surface area (Å²) in [7, 11) is 0. The average molecular weight is 370 g/mol. The Morgan fingerprint density at radius 3 is 2.84 bits per heavy atom. The fourth-order valence-electron chi connectivity index (χ4n) is 2.18. The highest BCUT2D eigenvalue weighted by Gasteiger charge is 2.24. The van der Waals surface area contributed by atoms with Crippen LogP contribution in [0.2, 0.25) is 0 Å². The number of Topliss-reactive ketones (excluding diaryl/α,β-unsaturated/α-hetero) is 1. The number of nitriles is 1. The monoisotopic (exact) mass is 370 g/mol. The normalized spacial score (nSPS) is 11.9. The minimum Gasteiger partial charge on any atom is -0.411 e. The molecule has 8 heteroatoms. The highest BCUT2D eigenvalue weighted by Crippen LogP contribution is 2.27. The summed E-state index contributed by atoms with van der Waals surface area (Å²) in [5.41, 5.74) is 2.70. The number of ketones is 1. The molecule has 0 amide bonds. The van der Waals surface area contributed by atoms with E-state index >= 15 is 0 Å². The molecule has 0 bridgehead atoms. The number of hydrogen-bond acceptors (Lipinski definition) is 8. The maximum Gasteiger partial charge on any atom is 0.277 e. The summed E-state index contributed by atoms with van der Waals surface area (Å²) in [6.45, 7) is 3.79. The molecule has 126 valence electrons. The van der Waals surface area contributed by atoms with Crippen LogP contribution in [0, 0.1) is 25.2 Å². The first kappa shape index (κ1) is 17.3. The molecule has 0 saturated heterocycles. The van der Waals surface area contributed by atoms with Crippen LogP contribution in [-0.2, 0) is 4.79 Å². The minimum atomic E-state index is -0.857. The van der Waals surface area contributed by atoms with Gasteiger partial charge in [-0.3, -0.25) is 4.79 Å². The fraction of sp³-hybridized carbons (Fsp3) is 0.235. The lowest BCUT2D eigenvalue weighted by molar-refractivity contribution is -0.116. The van der Waals surface area contributed by atoms with E-state index < -0.39 is 5.92 Å². The third-order valence-corrected chi connectivity index (χ3v) is 5.32. The molecular weight excluding hydrogens is 356 g/mol. The number of aryl methyl sites for hydroxylation is 2. The summed E-state index contributed by atoms with van der Waals surface area (Å²) in [5, 5.41) is 19.9. The van der Waals surface area contributed by atoms with Gasteiger partial charge in [0.05, 0.1) is 11.8 Å². The predicted molar refractivity (Wildman–Crippen MR) is 95.4 cm³/mol. The first-order chi connectivity index (χ1) is 12.1. The van der Waals surface area contributed by atoms with Crippen molar-refractivity contribution in [2.24, 2.45) is 0 Å². The zero-order valence-corrected chi connectivity index (χ0v) is 15.2. The lowest BCUT2D eigenvalue weighted by atomic mass is 10.1. The Kier molecular flexibility index (Phi) is 5.26. The van der Waals surface area contributed by atoms with Gasteiger partial charge in [-0.2, -0.15) is 5.26 Å². The van der Waals surface area contributed by atoms with Gasteiger partial charge in [-0.05, 0) is 25.5 Å². The second kappa shape index (κ2) is 7.59. The van der Waals surface area contributed by atoms with Crippen LogP contribution >= 0.6 is 23.1 Å². The molecule has 3 aromatic rings. The number of thiazole rings is 1.